The predicted octanol–water partition coefficient (Wildman–Crippen LogP) is 4.42. The summed E-state index contributed by atoms with van der Waals surface area (Å²) in [7, 11) is 1.65. The third-order valence-electron chi connectivity index (χ3n) is 5.74. The number of nitrogens with zero attached hydrogens (tertiary/aromatic N) is 3. The van der Waals surface area contributed by atoms with E-state index in [4.69, 9.17) is 14.2 Å². The Bertz CT molecular complexity index is 1340. The highest BCUT2D eigenvalue weighted by Crippen LogP contribution is 2.32. The number of thioether (sulfide) groups is 1. The molecule has 37 heavy (non-hydrogen) atoms. The lowest BCUT2D eigenvalue weighted by atomic mass is 10.2. The normalized spacial score (nSPS) is 11.8. The fourth-order valence-corrected chi connectivity index (χ4v) is 4.72. The largest absolute Gasteiger partial charge is 0.497 e. The molecular formula is C27H27N5O4S. The summed E-state index contributed by atoms with van der Waals surface area (Å²) in [5.74, 6) is 3.56. The number of hydrogen-bond donors (Lipinski definition) is 2. The van der Waals surface area contributed by atoms with Crippen molar-refractivity contribution in [1.29, 1.82) is 0 Å². The van der Waals surface area contributed by atoms with Gasteiger partial charge in [-0.3, -0.25) is 9.36 Å². The average Bonchev–Trinajstić information content (AvgIpc) is 3.58. The second-order valence-electron chi connectivity index (χ2n) is 8.21. The van der Waals surface area contributed by atoms with Crippen LogP contribution in [0.3, 0.4) is 0 Å². The first-order valence-corrected chi connectivity index (χ1v) is 12.8. The number of ether oxygens (including phenoxy) is 3. The van der Waals surface area contributed by atoms with Crippen LogP contribution in [-0.2, 0) is 17.9 Å². The summed E-state index contributed by atoms with van der Waals surface area (Å²) in [6, 6.07) is 23.4. The number of nitrogens with one attached hydrogen (secondary N) is 2. The summed E-state index contributed by atoms with van der Waals surface area (Å²) in [4.78, 5) is 12.5. The minimum atomic E-state index is -0.0302. The molecule has 0 fully saturated rings. The first kappa shape index (κ1) is 24.5. The van der Waals surface area contributed by atoms with E-state index in [0.29, 0.717) is 31.0 Å². The number of carbonyl (C=O) groups excluding carboxylic acids is 1. The summed E-state index contributed by atoms with van der Waals surface area (Å²) in [6.07, 6.45) is 0.357. The van der Waals surface area contributed by atoms with Crippen molar-refractivity contribution in [3.63, 3.8) is 0 Å². The van der Waals surface area contributed by atoms with Crippen LogP contribution in [0.5, 0.6) is 17.2 Å². The Hall–Kier alpha value is -4.18. The third-order valence-corrected chi connectivity index (χ3v) is 6.67. The van der Waals surface area contributed by atoms with Gasteiger partial charge in [0.1, 0.15) is 5.75 Å². The minimum absolute atomic E-state index is 0.0302. The zero-order valence-electron chi connectivity index (χ0n) is 20.3. The van der Waals surface area contributed by atoms with Gasteiger partial charge in [-0.25, -0.2) is 0 Å². The van der Waals surface area contributed by atoms with Crippen LogP contribution in [0.25, 0.3) is 5.69 Å². The molecule has 1 aliphatic heterocycles. The molecular weight excluding hydrogens is 490 g/mol. The molecule has 1 amide bonds. The number of benzene rings is 3. The van der Waals surface area contributed by atoms with Gasteiger partial charge in [0.2, 0.25) is 12.7 Å². The molecule has 2 heterocycles. The summed E-state index contributed by atoms with van der Waals surface area (Å²) >= 11 is 1.50. The molecule has 9 nitrogen and oxygen atoms in total. The van der Waals surface area contributed by atoms with Crippen LogP contribution in [0.2, 0.25) is 0 Å². The Kier molecular flexibility index (Phi) is 7.75. The molecule has 5 rings (SSSR count). The van der Waals surface area contributed by atoms with Gasteiger partial charge >= 0.3 is 0 Å². The van der Waals surface area contributed by atoms with Crippen molar-refractivity contribution in [1.82, 2.24) is 20.1 Å². The van der Waals surface area contributed by atoms with Crippen molar-refractivity contribution in [3.05, 3.63) is 84.2 Å². The molecule has 0 spiro atoms. The van der Waals surface area contributed by atoms with Crippen LogP contribution < -0.4 is 24.8 Å². The quantitative estimate of drug-likeness (QED) is 0.282. The Labute approximate surface area is 219 Å². The van der Waals surface area contributed by atoms with E-state index in [1.165, 1.54) is 11.8 Å². The Balaban J connectivity index is 1.18. The number of anilines is 1. The minimum Gasteiger partial charge on any atom is -0.497 e. The second-order valence-corrected chi connectivity index (χ2v) is 9.28. The highest BCUT2D eigenvalue weighted by atomic mass is 32.2. The highest BCUT2D eigenvalue weighted by molar-refractivity contribution is 7.99. The van der Waals surface area contributed by atoms with Crippen molar-refractivity contribution in [3.8, 4) is 22.9 Å². The molecule has 0 saturated carbocycles. The molecule has 10 heteroatoms. The monoisotopic (exact) mass is 517 g/mol. The second kappa shape index (κ2) is 11.7. The first-order chi connectivity index (χ1) is 18.2. The topological polar surface area (TPSA) is 99.5 Å². The van der Waals surface area contributed by atoms with Gasteiger partial charge in [-0.1, -0.05) is 36.0 Å². The summed E-state index contributed by atoms with van der Waals surface area (Å²) < 4.78 is 18.0. The van der Waals surface area contributed by atoms with Crippen LogP contribution in [0.15, 0.2) is 78.0 Å². The summed E-state index contributed by atoms with van der Waals surface area (Å²) in [6.45, 7) is 1.15. The molecule has 3 aromatic carbocycles. The Morgan fingerprint density at radius 3 is 2.62 bits per heavy atom. The molecule has 0 aliphatic carbocycles. The zero-order chi connectivity index (χ0) is 25.5. The van der Waals surface area contributed by atoms with E-state index in [2.05, 4.69) is 20.8 Å². The number of fused-ring (bicyclic) bond motifs is 1. The SMILES string of the molecule is COc1ccc(NCc2nnc(SCCC(=O)NCc3ccc4c(c3)OCO4)n2-c2ccccc2)cc1. The van der Waals surface area contributed by atoms with Gasteiger partial charge in [0, 0.05) is 30.1 Å². The molecule has 0 saturated heterocycles. The van der Waals surface area contributed by atoms with E-state index in [0.717, 1.165) is 39.4 Å². The molecule has 0 unspecified atom stereocenters. The van der Waals surface area contributed by atoms with Crippen molar-refractivity contribution < 1.29 is 19.0 Å². The number of para-hydroxylation sites is 1. The van der Waals surface area contributed by atoms with Gasteiger partial charge in [-0.05, 0) is 54.1 Å². The van der Waals surface area contributed by atoms with Gasteiger partial charge in [0.15, 0.2) is 22.5 Å². The number of methoxy groups -OCH3 is 1. The van der Waals surface area contributed by atoms with Crippen LogP contribution in [0, 0.1) is 0 Å². The molecule has 0 atom stereocenters. The van der Waals surface area contributed by atoms with Crippen molar-refractivity contribution in [2.24, 2.45) is 0 Å². The number of amides is 1. The maximum absolute atomic E-state index is 12.5. The van der Waals surface area contributed by atoms with Gasteiger partial charge in [-0.2, -0.15) is 0 Å². The maximum Gasteiger partial charge on any atom is 0.231 e. The van der Waals surface area contributed by atoms with E-state index >= 15 is 0 Å². The lowest BCUT2D eigenvalue weighted by Gasteiger charge is -2.12. The van der Waals surface area contributed by atoms with E-state index in [1.54, 1.807) is 7.11 Å². The summed E-state index contributed by atoms with van der Waals surface area (Å²) in [5.41, 5.74) is 2.88. The zero-order valence-corrected chi connectivity index (χ0v) is 21.2. The molecule has 2 N–H and O–H groups in total. The fourth-order valence-electron chi connectivity index (χ4n) is 3.81. The molecule has 0 radical (unpaired) electrons. The molecule has 1 aromatic heterocycles. The number of hydrogen-bond acceptors (Lipinski definition) is 8. The van der Waals surface area contributed by atoms with Gasteiger partial charge in [0.05, 0.1) is 13.7 Å². The number of carbonyl (C=O) groups is 1. The number of rotatable bonds is 11. The molecule has 0 bridgehead atoms. The summed E-state index contributed by atoms with van der Waals surface area (Å²) in [5, 5.41) is 15.9. The van der Waals surface area contributed by atoms with Crippen LogP contribution in [0.1, 0.15) is 17.8 Å². The maximum atomic E-state index is 12.5. The van der Waals surface area contributed by atoms with Crippen molar-refractivity contribution >= 4 is 23.4 Å². The molecule has 1 aliphatic rings. The Morgan fingerprint density at radius 1 is 1.00 bits per heavy atom. The standard InChI is InChI=1S/C27H27N5O4S/c1-34-22-10-8-20(9-11-22)28-17-25-30-31-27(32(25)21-5-3-2-4-6-21)37-14-13-26(33)29-16-19-7-12-23-24(15-19)36-18-35-23/h2-12,15,28H,13-14,16-18H2,1H3,(H,29,33). The van der Waals surface area contributed by atoms with Crippen LogP contribution in [0.4, 0.5) is 5.69 Å². The van der Waals surface area contributed by atoms with Crippen LogP contribution in [-0.4, -0.2) is 40.3 Å². The lowest BCUT2D eigenvalue weighted by molar-refractivity contribution is -0.120. The van der Waals surface area contributed by atoms with Gasteiger partial charge in [0.25, 0.3) is 0 Å². The van der Waals surface area contributed by atoms with Crippen LogP contribution >= 0.6 is 11.8 Å². The van der Waals surface area contributed by atoms with Crippen molar-refractivity contribution in [2.45, 2.75) is 24.7 Å². The predicted molar refractivity (Wildman–Crippen MR) is 141 cm³/mol. The smallest absolute Gasteiger partial charge is 0.231 e. The van der Waals surface area contributed by atoms with Crippen molar-refractivity contribution in [2.75, 3.05) is 25.0 Å². The third kappa shape index (κ3) is 6.15. The van der Waals surface area contributed by atoms with E-state index < -0.39 is 0 Å². The first-order valence-electron chi connectivity index (χ1n) is 11.9. The average molecular weight is 518 g/mol. The highest BCUT2D eigenvalue weighted by Gasteiger charge is 2.16. The Morgan fingerprint density at radius 2 is 1.81 bits per heavy atom. The molecule has 4 aromatic rings. The lowest BCUT2D eigenvalue weighted by Crippen LogP contribution is -2.23. The number of aromatic nitrogens is 3. The van der Waals surface area contributed by atoms with E-state index in [9.17, 15) is 4.79 Å². The van der Waals surface area contributed by atoms with E-state index in [-0.39, 0.29) is 12.7 Å². The molecule has 190 valence electrons. The van der Waals surface area contributed by atoms with Gasteiger partial charge < -0.3 is 24.8 Å². The van der Waals surface area contributed by atoms with E-state index in [1.807, 2.05) is 77.4 Å². The fraction of sp³-hybridized carbons (Fsp3) is 0.222. The van der Waals surface area contributed by atoms with Gasteiger partial charge in [-0.15, -0.1) is 10.2 Å².